The van der Waals surface area contributed by atoms with Crippen LogP contribution in [0.2, 0.25) is 0 Å². The smallest absolute Gasteiger partial charge is 0.399 e. The van der Waals surface area contributed by atoms with Gasteiger partial charge in [0, 0.05) is 5.69 Å². The van der Waals surface area contributed by atoms with E-state index in [0.717, 1.165) is 36.4 Å². The molecule has 1 heterocycles. The Hall–Kier alpha value is -3.19. The first-order valence-corrected chi connectivity index (χ1v) is 9.25. The number of alkyl halides is 3. The first kappa shape index (κ1) is 20.5. The van der Waals surface area contributed by atoms with E-state index in [-0.39, 0.29) is 10.6 Å². The molecule has 1 fully saturated rings. The molecule has 0 unspecified atom stereocenters. The van der Waals surface area contributed by atoms with Gasteiger partial charge in [0.25, 0.3) is 11.6 Å². The van der Waals surface area contributed by atoms with Crippen LogP contribution >= 0.6 is 0 Å². The van der Waals surface area contributed by atoms with Crippen molar-refractivity contribution in [1.82, 2.24) is 10.0 Å². The lowest BCUT2D eigenvalue weighted by Gasteiger charge is -2.29. The van der Waals surface area contributed by atoms with Gasteiger partial charge in [0.15, 0.2) is 0 Å². The number of hydrogen-bond acceptors (Lipinski definition) is 5. The Morgan fingerprint density at radius 2 is 1.62 bits per heavy atom. The van der Waals surface area contributed by atoms with Gasteiger partial charge in [0.2, 0.25) is 10.0 Å². The summed E-state index contributed by atoms with van der Waals surface area (Å²) in [5.41, 5.74) is 0.756. The molecular weight excluding hydrogens is 420 g/mol. The second kappa shape index (κ2) is 6.70. The van der Waals surface area contributed by atoms with Gasteiger partial charge < -0.3 is 11.1 Å². The van der Waals surface area contributed by atoms with Gasteiger partial charge in [0.1, 0.15) is 5.82 Å². The Kier molecular flexibility index (Phi) is 4.75. The molecule has 3 amide bonds. The molecule has 2 aromatic rings. The molecule has 13 heteroatoms. The lowest BCUT2D eigenvalue weighted by Crippen LogP contribution is -2.69. The quantitative estimate of drug-likeness (QED) is 0.386. The number of carbonyl (C=O) groups excluding carboxylic acids is 2. The summed E-state index contributed by atoms with van der Waals surface area (Å²) < 4.78 is 81.6. The van der Waals surface area contributed by atoms with Gasteiger partial charge in [-0.25, -0.2) is 22.5 Å². The number of anilines is 2. The van der Waals surface area contributed by atoms with Crippen LogP contribution in [0.25, 0.3) is 0 Å². The van der Waals surface area contributed by atoms with Gasteiger partial charge in [-0.3, -0.25) is 4.79 Å². The number of nitrogens with one attached hydrogen (secondary N) is 2. The summed E-state index contributed by atoms with van der Waals surface area (Å²) in [7, 11) is -4.96. The standard InChI is InChI=1S/C16H12F4N4O4S/c17-11-3-1-2-4-12(11)24-13(25)15(16(18,19)20,22-14(24)26)23-29(27,28)10-7-5-9(21)6-8-10/h1-8,23H,21H2,(H,22,26)/t15-/m0/s1. The highest BCUT2D eigenvalue weighted by atomic mass is 32.2. The van der Waals surface area contributed by atoms with Crippen molar-refractivity contribution in [2.45, 2.75) is 16.7 Å². The zero-order valence-corrected chi connectivity index (χ0v) is 15.0. The molecule has 1 atom stereocenters. The molecule has 154 valence electrons. The molecule has 0 spiro atoms. The van der Waals surface area contributed by atoms with Gasteiger partial charge in [-0.15, -0.1) is 0 Å². The first-order chi connectivity index (χ1) is 13.4. The van der Waals surface area contributed by atoms with E-state index in [2.05, 4.69) is 0 Å². The van der Waals surface area contributed by atoms with Crippen molar-refractivity contribution < 1.29 is 35.6 Å². The third kappa shape index (κ3) is 3.38. The van der Waals surface area contributed by atoms with Crippen molar-refractivity contribution in [1.29, 1.82) is 0 Å². The van der Waals surface area contributed by atoms with E-state index in [9.17, 15) is 35.6 Å². The van der Waals surface area contributed by atoms with E-state index in [1.165, 1.54) is 22.2 Å². The predicted octanol–water partition coefficient (Wildman–Crippen LogP) is 1.70. The third-order valence-electron chi connectivity index (χ3n) is 4.02. The topological polar surface area (TPSA) is 122 Å². The molecule has 1 saturated heterocycles. The number of benzene rings is 2. The zero-order valence-electron chi connectivity index (χ0n) is 14.2. The summed E-state index contributed by atoms with van der Waals surface area (Å²) in [5.74, 6) is -3.21. The van der Waals surface area contributed by atoms with Gasteiger partial charge >= 0.3 is 12.2 Å². The lowest BCUT2D eigenvalue weighted by atomic mass is 10.1. The molecule has 1 aliphatic heterocycles. The number of amides is 3. The fourth-order valence-corrected chi connectivity index (χ4v) is 3.88. The van der Waals surface area contributed by atoms with Crippen molar-refractivity contribution in [2.24, 2.45) is 0 Å². The summed E-state index contributed by atoms with van der Waals surface area (Å²) >= 11 is 0. The monoisotopic (exact) mass is 432 g/mol. The molecule has 1 aliphatic rings. The van der Waals surface area contributed by atoms with E-state index >= 15 is 0 Å². The summed E-state index contributed by atoms with van der Waals surface area (Å²) in [6.45, 7) is 0. The normalized spacial score (nSPS) is 20.1. The Bertz CT molecular complexity index is 1090. The average molecular weight is 432 g/mol. The van der Waals surface area contributed by atoms with Crippen LogP contribution < -0.4 is 20.7 Å². The fraction of sp³-hybridized carbons (Fsp3) is 0.125. The number of nitrogens with zero attached hydrogens (tertiary/aromatic N) is 1. The predicted molar refractivity (Wildman–Crippen MR) is 92.4 cm³/mol. The highest BCUT2D eigenvalue weighted by Crippen LogP contribution is 2.37. The Morgan fingerprint density at radius 3 is 2.17 bits per heavy atom. The number of nitrogen functional groups attached to an aromatic ring is 1. The molecule has 4 N–H and O–H groups in total. The number of imide groups is 1. The maximum atomic E-state index is 14.0. The highest BCUT2D eigenvalue weighted by Gasteiger charge is 2.70. The van der Waals surface area contributed by atoms with Gasteiger partial charge in [-0.2, -0.15) is 17.9 Å². The van der Waals surface area contributed by atoms with Gasteiger partial charge in [0.05, 0.1) is 10.6 Å². The zero-order chi connectivity index (χ0) is 21.6. The Labute approximate surface area is 161 Å². The molecule has 0 saturated carbocycles. The summed E-state index contributed by atoms with van der Waals surface area (Å²) in [6.07, 6.45) is -5.60. The van der Waals surface area contributed by atoms with E-state index < -0.39 is 50.2 Å². The molecule has 3 rings (SSSR count). The van der Waals surface area contributed by atoms with Crippen LogP contribution in [-0.4, -0.2) is 32.2 Å². The largest absolute Gasteiger partial charge is 0.435 e. The molecule has 0 aliphatic carbocycles. The van der Waals surface area contributed by atoms with Crippen molar-refractivity contribution in [3.63, 3.8) is 0 Å². The molecular formula is C16H12F4N4O4S. The minimum atomic E-state index is -5.60. The molecule has 8 nitrogen and oxygen atoms in total. The van der Waals surface area contributed by atoms with Crippen LogP contribution in [0.1, 0.15) is 0 Å². The van der Waals surface area contributed by atoms with Crippen molar-refractivity contribution in [2.75, 3.05) is 10.6 Å². The summed E-state index contributed by atoms with van der Waals surface area (Å²) in [5, 5.41) is 1.30. The number of carbonyl (C=O) groups is 2. The van der Waals surface area contributed by atoms with Crippen LogP contribution in [0.3, 0.4) is 0 Å². The van der Waals surface area contributed by atoms with Gasteiger partial charge in [-0.05, 0) is 36.4 Å². The van der Waals surface area contributed by atoms with Crippen molar-refractivity contribution >= 4 is 33.3 Å². The lowest BCUT2D eigenvalue weighted by molar-refractivity contribution is -0.194. The van der Waals surface area contributed by atoms with Crippen molar-refractivity contribution in [3.8, 4) is 0 Å². The number of sulfonamides is 1. The number of nitrogens with two attached hydrogens (primary N) is 1. The summed E-state index contributed by atoms with van der Waals surface area (Å²) in [4.78, 5) is 24.0. The molecule has 0 bridgehead atoms. The Balaban J connectivity index is 2.09. The van der Waals surface area contributed by atoms with Crippen LogP contribution in [-0.2, 0) is 14.8 Å². The SMILES string of the molecule is Nc1ccc(S(=O)(=O)N[C@@]2(C(F)(F)F)NC(=O)N(c3ccccc3F)C2=O)cc1. The number of hydrogen-bond donors (Lipinski definition) is 3. The van der Waals surface area contributed by atoms with Crippen LogP contribution in [0.5, 0.6) is 0 Å². The minimum absolute atomic E-state index is 0.117. The van der Waals surface area contributed by atoms with E-state index in [1.54, 1.807) is 0 Å². The maximum absolute atomic E-state index is 14.0. The number of urea groups is 1. The average Bonchev–Trinajstić information content (AvgIpc) is 2.86. The van der Waals surface area contributed by atoms with Crippen LogP contribution in [0, 0.1) is 5.82 Å². The number of rotatable bonds is 4. The van der Waals surface area contributed by atoms with E-state index in [0.29, 0.717) is 0 Å². The first-order valence-electron chi connectivity index (χ1n) is 7.76. The third-order valence-corrected chi connectivity index (χ3v) is 5.49. The second-order valence-corrected chi connectivity index (χ2v) is 7.63. The van der Waals surface area contributed by atoms with Crippen LogP contribution in [0.4, 0.5) is 33.7 Å². The number of halogens is 4. The van der Waals surface area contributed by atoms with Crippen LogP contribution in [0.15, 0.2) is 53.4 Å². The number of para-hydroxylation sites is 1. The molecule has 0 aromatic heterocycles. The molecule has 29 heavy (non-hydrogen) atoms. The molecule has 0 radical (unpaired) electrons. The van der Waals surface area contributed by atoms with Gasteiger partial charge in [-0.1, -0.05) is 12.1 Å². The highest BCUT2D eigenvalue weighted by molar-refractivity contribution is 7.89. The molecule has 2 aromatic carbocycles. The Morgan fingerprint density at radius 1 is 1.03 bits per heavy atom. The fourth-order valence-electron chi connectivity index (χ4n) is 2.61. The second-order valence-electron chi connectivity index (χ2n) is 5.94. The summed E-state index contributed by atoms with van der Waals surface area (Å²) in [6, 6.07) is 6.51. The maximum Gasteiger partial charge on any atom is 0.435 e. The van der Waals surface area contributed by atoms with Crippen molar-refractivity contribution in [3.05, 3.63) is 54.3 Å². The van der Waals surface area contributed by atoms with E-state index in [4.69, 9.17) is 5.73 Å². The minimum Gasteiger partial charge on any atom is -0.399 e. The van der Waals surface area contributed by atoms with E-state index in [1.807, 2.05) is 0 Å².